The van der Waals surface area contributed by atoms with Gasteiger partial charge in [0, 0.05) is 6.54 Å². The van der Waals surface area contributed by atoms with Gasteiger partial charge in [-0.3, -0.25) is 4.79 Å². The van der Waals surface area contributed by atoms with Crippen molar-refractivity contribution < 1.29 is 9.90 Å². The highest BCUT2D eigenvalue weighted by atomic mass is 32.2. The third-order valence-electron chi connectivity index (χ3n) is 2.29. The molecule has 11 heavy (non-hydrogen) atoms. The molecule has 3 N–H and O–H groups in total. The van der Waals surface area contributed by atoms with Crippen LogP contribution in [0, 0.1) is 5.41 Å². The van der Waals surface area contributed by atoms with Gasteiger partial charge in [-0.1, -0.05) is 0 Å². The molecule has 1 aliphatic heterocycles. The summed E-state index contributed by atoms with van der Waals surface area (Å²) >= 11 is 1.81. The maximum absolute atomic E-state index is 10.8. The van der Waals surface area contributed by atoms with Gasteiger partial charge in [0.15, 0.2) is 0 Å². The lowest BCUT2D eigenvalue weighted by Gasteiger charge is -2.31. The number of rotatable bonds is 2. The standard InChI is InChI=1S/C7H13NO2S/c8-5-7(6(9)10)1-3-11-4-2-7/h1-5,8H2,(H,9,10). The summed E-state index contributed by atoms with van der Waals surface area (Å²) in [5.41, 5.74) is 4.84. The van der Waals surface area contributed by atoms with Crippen molar-refractivity contribution in [1.29, 1.82) is 0 Å². The highest BCUT2D eigenvalue weighted by Crippen LogP contribution is 2.33. The summed E-state index contributed by atoms with van der Waals surface area (Å²) in [6.07, 6.45) is 1.45. The Balaban J connectivity index is 2.64. The number of hydrogen-bond donors (Lipinski definition) is 2. The third kappa shape index (κ3) is 1.68. The van der Waals surface area contributed by atoms with Crippen LogP contribution in [0.4, 0.5) is 0 Å². The van der Waals surface area contributed by atoms with Crippen molar-refractivity contribution in [3.8, 4) is 0 Å². The molecule has 0 aromatic heterocycles. The molecule has 1 fully saturated rings. The van der Waals surface area contributed by atoms with Crippen LogP contribution in [0.2, 0.25) is 0 Å². The SMILES string of the molecule is NCC1(C(=O)O)CCSCC1. The first-order valence-corrected chi connectivity index (χ1v) is 4.88. The Kier molecular flexibility index (Phi) is 2.78. The van der Waals surface area contributed by atoms with Crippen LogP contribution in [0.25, 0.3) is 0 Å². The fourth-order valence-corrected chi connectivity index (χ4v) is 2.54. The monoisotopic (exact) mass is 175 g/mol. The Morgan fingerprint density at radius 2 is 2.09 bits per heavy atom. The summed E-state index contributed by atoms with van der Waals surface area (Å²) in [4.78, 5) is 10.8. The number of hydrogen-bond acceptors (Lipinski definition) is 3. The van der Waals surface area contributed by atoms with E-state index in [-0.39, 0.29) is 6.54 Å². The van der Waals surface area contributed by atoms with E-state index in [9.17, 15) is 4.79 Å². The minimum Gasteiger partial charge on any atom is -0.481 e. The highest BCUT2D eigenvalue weighted by molar-refractivity contribution is 7.99. The van der Waals surface area contributed by atoms with Crippen LogP contribution in [0.3, 0.4) is 0 Å². The first-order valence-electron chi connectivity index (χ1n) is 3.72. The quantitative estimate of drug-likeness (QED) is 0.643. The fraction of sp³-hybridized carbons (Fsp3) is 0.857. The van der Waals surface area contributed by atoms with E-state index < -0.39 is 11.4 Å². The Hall–Kier alpha value is -0.220. The van der Waals surface area contributed by atoms with E-state index >= 15 is 0 Å². The van der Waals surface area contributed by atoms with Crippen LogP contribution in [0.15, 0.2) is 0 Å². The van der Waals surface area contributed by atoms with Crippen LogP contribution in [0.1, 0.15) is 12.8 Å². The molecule has 0 unspecified atom stereocenters. The molecule has 1 heterocycles. The second kappa shape index (κ2) is 3.45. The van der Waals surface area contributed by atoms with Gasteiger partial charge in [0.1, 0.15) is 0 Å². The molecule has 3 nitrogen and oxygen atoms in total. The summed E-state index contributed by atoms with van der Waals surface area (Å²) in [5, 5.41) is 8.90. The zero-order chi connectivity index (χ0) is 8.32. The second-order valence-corrected chi connectivity index (χ2v) is 4.13. The number of carbonyl (C=O) groups is 1. The molecule has 0 aromatic carbocycles. The smallest absolute Gasteiger partial charge is 0.310 e. The van der Waals surface area contributed by atoms with Gasteiger partial charge in [0.25, 0.3) is 0 Å². The zero-order valence-corrected chi connectivity index (χ0v) is 7.19. The van der Waals surface area contributed by atoms with E-state index in [0.29, 0.717) is 0 Å². The van der Waals surface area contributed by atoms with Gasteiger partial charge >= 0.3 is 5.97 Å². The minimum absolute atomic E-state index is 0.281. The van der Waals surface area contributed by atoms with Crippen LogP contribution in [0.5, 0.6) is 0 Å². The molecule has 4 heteroatoms. The first kappa shape index (κ1) is 8.87. The lowest BCUT2D eigenvalue weighted by atomic mass is 9.82. The van der Waals surface area contributed by atoms with Crippen molar-refractivity contribution in [2.75, 3.05) is 18.1 Å². The molecule has 0 aliphatic carbocycles. The summed E-state index contributed by atoms with van der Waals surface area (Å²) in [7, 11) is 0. The summed E-state index contributed by atoms with van der Waals surface area (Å²) in [5.74, 6) is 1.15. The van der Waals surface area contributed by atoms with E-state index in [0.717, 1.165) is 24.3 Å². The van der Waals surface area contributed by atoms with Crippen molar-refractivity contribution in [2.24, 2.45) is 11.1 Å². The molecule has 0 saturated carbocycles. The summed E-state index contributed by atoms with van der Waals surface area (Å²) in [6, 6.07) is 0. The topological polar surface area (TPSA) is 63.3 Å². The molecule has 1 saturated heterocycles. The van der Waals surface area contributed by atoms with E-state index in [4.69, 9.17) is 10.8 Å². The predicted molar refractivity (Wildman–Crippen MR) is 45.7 cm³/mol. The Morgan fingerprint density at radius 3 is 2.36 bits per heavy atom. The Bertz CT molecular complexity index is 155. The van der Waals surface area contributed by atoms with Crippen LogP contribution in [-0.4, -0.2) is 29.1 Å². The van der Waals surface area contributed by atoms with Crippen molar-refractivity contribution in [3.63, 3.8) is 0 Å². The van der Waals surface area contributed by atoms with E-state index in [1.54, 1.807) is 0 Å². The van der Waals surface area contributed by atoms with Gasteiger partial charge in [0.05, 0.1) is 5.41 Å². The average molecular weight is 175 g/mol. The predicted octanol–water partition coefficient (Wildman–Crippen LogP) is 0.543. The number of carboxylic acids is 1. The molecule has 0 bridgehead atoms. The first-order chi connectivity index (χ1) is 5.21. The van der Waals surface area contributed by atoms with E-state index in [1.165, 1.54) is 0 Å². The third-order valence-corrected chi connectivity index (χ3v) is 3.28. The minimum atomic E-state index is -0.722. The van der Waals surface area contributed by atoms with Gasteiger partial charge in [0.2, 0.25) is 0 Å². The normalized spacial score (nSPS) is 23.0. The Labute approximate surface area is 70.3 Å². The van der Waals surface area contributed by atoms with E-state index in [1.807, 2.05) is 11.8 Å². The molecule has 0 aromatic rings. The van der Waals surface area contributed by atoms with Gasteiger partial charge in [-0.05, 0) is 24.3 Å². The highest BCUT2D eigenvalue weighted by Gasteiger charge is 2.38. The molecule has 0 amide bonds. The van der Waals surface area contributed by atoms with Crippen LogP contribution < -0.4 is 5.73 Å². The van der Waals surface area contributed by atoms with Gasteiger partial charge in [-0.2, -0.15) is 11.8 Å². The molecule has 64 valence electrons. The molecular weight excluding hydrogens is 162 g/mol. The second-order valence-electron chi connectivity index (χ2n) is 2.90. The van der Waals surface area contributed by atoms with Crippen molar-refractivity contribution in [3.05, 3.63) is 0 Å². The lowest BCUT2D eigenvalue weighted by molar-refractivity contribution is -0.148. The molecule has 1 aliphatic rings. The van der Waals surface area contributed by atoms with Crippen molar-refractivity contribution in [1.82, 2.24) is 0 Å². The molecule has 0 spiro atoms. The van der Waals surface area contributed by atoms with Crippen molar-refractivity contribution in [2.45, 2.75) is 12.8 Å². The lowest BCUT2D eigenvalue weighted by Crippen LogP contribution is -2.41. The maximum atomic E-state index is 10.8. The van der Waals surface area contributed by atoms with Crippen LogP contribution >= 0.6 is 11.8 Å². The number of aliphatic carboxylic acids is 1. The molecule has 0 radical (unpaired) electrons. The van der Waals surface area contributed by atoms with Gasteiger partial charge in [-0.15, -0.1) is 0 Å². The maximum Gasteiger partial charge on any atom is 0.310 e. The van der Waals surface area contributed by atoms with Gasteiger partial charge in [-0.25, -0.2) is 0 Å². The van der Waals surface area contributed by atoms with Gasteiger partial charge < -0.3 is 10.8 Å². The van der Waals surface area contributed by atoms with E-state index in [2.05, 4.69) is 0 Å². The Morgan fingerprint density at radius 1 is 1.55 bits per heavy atom. The number of thioether (sulfide) groups is 1. The number of carboxylic acid groups (broad SMARTS) is 1. The molecule has 0 atom stereocenters. The van der Waals surface area contributed by atoms with Crippen LogP contribution in [-0.2, 0) is 4.79 Å². The fourth-order valence-electron chi connectivity index (χ4n) is 1.27. The number of nitrogens with two attached hydrogens (primary N) is 1. The average Bonchev–Trinajstić information content (AvgIpc) is 2.05. The molecular formula is C7H13NO2S. The summed E-state index contributed by atoms with van der Waals surface area (Å²) in [6.45, 7) is 0.281. The largest absolute Gasteiger partial charge is 0.481 e. The molecule has 1 rings (SSSR count). The zero-order valence-electron chi connectivity index (χ0n) is 6.38. The summed E-state index contributed by atoms with van der Waals surface area (Å²) < 4.78 is 0. The van der Waals surface area contributed by atoms with Crippen molar-refractivity contribution >= 4 is 17.7 Å².